The van der Waals surface area contributed by atoms with Crippen molar-refractivity contribution in [1.82, 2.24) is 14.5 Å². The summed E-state index contributed by atoms with van der Waals surface area (Å²) in [6.45, 7) is 8.33. The molecule has 3 heterocycles. The lowest BCUT2D eigenvalue weighted by Gasteiger charge is -2.29. The van der Waals surface area contributed by atoms with Gasteiger partial charge in [-0.2, -0.15) is 0 Å². The van der Waals surface area contributed by atoms with E-state index in [0.717, 1.165) is 16.0 Å². The maximum Gasteiger partial charge on any atom is 0.410 e. The summed E-state index contributed by atoms with van der Waals surface area (Å²) in [5.41, 5.74) is 1.14. The molecule has 0 radical (unpaired) electrons. The van der Waals surface area contributed by atoms with Gasteiger partial charge in [0.2, 0.25) is 0 Å². The number of carbonyl (C=O) groups excluding carboxylic acids is 1. The fourth-order valence-corrected chi connectivity index (χ4v) is 4.85. The van der Waals surface area contributed by atoms with Gasteiger partial charge in [0.25, 0.3) is 5.56 Å². The van der Waals surface area contributed by atoms with Crippen molar-refractivity contribution >= 4 is 27.6 Å². The molecule has 0 N–H and O–H groups in total. The Morgan fingerprint density at radius 1 is 1.27 bits per heavy atom. The zero-order chi connectivity index (χ0) is 21.6. The second kappa shape index (κ2) is 7.50. The average molecular weight is 430 g/mol. The monoisotopic (exact) mass is 429 g/mol. The van der Waals surface area contributed by atoms with Gasteiger partial charge in [-0.15, -0.1) is 11.3 Å². The number of hydrogen-bond acceptors (Lipinski definition) is 5. The van der Waals surface area contributed by atoms with Crippen molar-refractivity contribution in [2.24, 2.45) is 0 Å². The van der Waals surface area contributed by atoms with Crippen molar-refractivity contribution in [3.63, 3.8) is 0 Å². The molecule has 2 aromatic heterocycles. The Balaban J connectivity index is 1.67. The molecule has 8 heteroatoms. The van der Waals surface area contributed by atoms with Crippen molar-refractivity contribution < 1.29 is 13.9 Å². The zero-order valence-electron chi connectivity index (χ0n) is 17.4. The van der Waals surface area contributed by atoms with E-state index in [9.17, 15) is 14.0 Å². The lowest BCUT2D eigenvalue weighted by Crippen LogP contribution is -2.39. The highest BCUT2D eigenvalue weighted by molar-refractivity contribution is 7.18. The molecule has 0 fully saturated rings. The molecule has 4 rings (SSSR count). The van der Waals surface area contributed by atoms with Crippen LogP contribution in [0, 0.1) is 5.82 Å². The molecule has 1 aromatic carbocycles. The molecule has 0 aliphatic carbocycles. The predicted octanol–water partition coefficient (Wildman–Crippen LogP) is 4.50. The predicted molar refractivity (Wildman–Crippen MR) is 114 cm³/mol. The van der Waals surface area contributed by atoms with Crippen LogP contribution in [0.5, 0.6) is 0 Å². The Hall–Kier alpha value is -2.74. The first-order valence-electron chi connectivity index (χ1n) is 9.89. The molecule has 0 saturated carbocycles. The van der Waals surface area contributed by atoms with E-state index in [0.29, 0.717) is 29.7 Å². The van der Waals surface area contributed by atoms with E-state index >= 15 is 0 Å². The van der Waals surface area contributed by atoms with E-state index in [1.807, 2.05) is 27.7 Å². The van der Waals surface area contributed by atoms with Crippen molar-refractivity contribution in [2.75, 3.05) is 6.54 Å². The number of benzene rings is 1. The summed E-state index contributed by atoms with van der Waals surface area (Å²) in [4.78, 5) is 33.6. The van der Waals surface area contributed by atoms with Crippen LogP contribution in [0.3, 0.4) is 0 Å². The highest BCUT2D eigenvalue weighted by Crippen LogP contribution is 2.33. The van der Waals surface area contributed by atoms with Gasteiger partial charge in [-0.1, -0.05) is 12.1 Å². The molecule has 1 atom stereocenters. The first kappa shape index (κ1) is 20.5. The van der Waals surface area contributed by atoms with Gasteiger partial charge in [-0.05, 0) is 57.4 Å². The lowest BCUT2D eigenvalue weighted by molar-refractivity contribution is 0.0227. The number of nitrogens with zero attached hydrogens (tertiary/aromatic N) is 3. The fourth-order valence-electron chi connectivity index (χ4n) is 3.66. The fraction of sp³-hybridized carbons (Fsp3) is 0.409. The molecule has 158 valence electrons. The smallest absolute Gasteiger partial charge is 0.410 e. The normalized spacial score (nSPS) is 15.2. The molecule has 3 aromatic rings. The van der Waals surface area contributed by atoms with Crippen LogP contribution in [-0.4, -0.2) is 32.7 Å². The Kier molecular flexibility index (Phi) is 5.13. The Morgan fingerprint density at radius 3 is 2.63 bits per heavy atom. The number of thiophene rings is 1. The van der Waals surface area contributed by atoms with Gasteiger partial charge in [0.15, 0.2) is 0 Å². The summed E-state index contributed by atoms with van der Waals surface area (Å²) in [6, 6.07) is 5.87. The topological polar surface area (TPSA) is 64.4 Å². The van der Waals surface area contributed by atoms with Gasteiger partial charge < -0.3 is 9.64 Å². The minimum Gasteiger partial charge on any atom is -0.444 e. The molecule has 1 aliphatic heterocycles. The summed E-state index contributed by atoms with van der Waals surface area (Å²) >= 11 is 1.45. The van der Waals surface area contributed by atoms with E-state index in [1.54, 1.807) is 27.9 Å². The van der Waals surface area contributed by atoms with Gasteiger partial charge in [0, 0.05) is 11.4 Å². The first-order valence-corrected chi connectivity index (χ1v) is 10.7. The third-order valence-corrected chi connectivity index (χ3v) is 6.33. The summed E-state index contributed by atoms with van der Waals surface area (Å²) < 4.78 is 20.3. The first-order chi connectivity index (χ1) is 14.1. The number of aromatic nitrogens is 2. The quantitative estimate of drug-likeness (QED) is 0.602. The van der Waals surface area contributed by atoms with E-state index in [4.69, 9.17) is 4.74 Å². The second-order valence-corrected chi connectivity index (χ2v) is 9.60. The van der Waals surface area contributed by atoms with Crippen LogP contribution >= 0.6 is 11.3 Å². The van der Waals surface area contributed by atoms with Crippen LogP contribution in [0.15, 0.2) is 35.4 Å². The Morgan fingerprint density at radius 2 is 1.97 bits per heavy atom. The highest BCUT2D eigenvalue weighted by atomic mass is 32.1. The molecule has 1 amide bonds. The summed E-state index contributed by atoms with van der Waals surface area (Å²) in [6.07, 6.45) is 1.79. The molecule has 1 aliphatic rings. The lowest BCUT2D eigenvalue weighted by atomic mass is 10.0. The third-order valence-electron chi connectivity index (χ3n) is 5.21. The summed E-state index contributed by atoms with van der Waals surface area (Å²) in [7, 11) is 0. The minimum absolute atomic E-state index is 0.111. The van der Waals surface area contributed by atoms with E-state index in [1.165, 1.54) is 23.5 Å². The van der Waals surface area contributed by atoms with Gasteiger partial charge in [-0.3, -0.25) is 9.36 Å². The highest BCUT2D eigenvalue weighted by Gasteiger charge is 2.29. The van der Waals surface area contributed by atoms with Crippen LogP contribution in [0.25, 0.3) is 10.2 Å². The SMILES string of the molecule is CC(c1ccc(F)cc1)n1cnc2sc3c(c2c1=O)CCN(C(=O)OC(C)(C)C)C3. The van der Waals surface area contributed by atoms with Crippen molar-refractivity contribution in [3.8, 4) is 0 Å². The Bertz CT molecular complexity index is 1160. The molecular formula is C22H24FN3O3S. The Labute approximate surface area is 177 Å². The number of carbonyl (C=O) groups is 1. The van der Waals surface area contributed by atoms with Crippen LogP contribution in [0.4, 0.5) is 9.18 Å². The standard InChI is InChI=1S/C22H24FN3O3S/c1-13(14-5-7-15(23)8-6-14)26-12-24-19-18(20(26)27)16-9-10-25(11-17(16)30-19)21(28)29-22(2,3)4/h5-8,12-13H,9-11H2,1-4H3. The third kappa shape index (κ3) is 3.84. The number of hydrogen-bond donors (Lipinski definition) is 0. The van der Waals surface area contributed by atoms with Crippen molar-refractivity contribution in [1.29, 1.82) is 0 Å². The molecule has 0 spiro atoms. The molecule has 30 heavy (non-hydrogen) atoms. The molecular weight excluding hydrogens is 405 g/mol. The van der Waals surface area contributed by atoms with Gasteiger partial charge in [0.1, 0.15) is 16.2 Å². The van der Waals surface area contributed by atoms with Gasteiger partial charge >= 0.3 is 6.09 Å². The summed E-state index contributed by atoms with van der Waals surface area (Å²) in [5, 5.41) is 0.621. The van der Waals surface area contributed by atoms with Crippen LogP contribution in [-0.2, 0) is 17.7 Å². The van der Waals surface area contributed by atoms with Crippen LogP contribution in [0.1, 0.15) is 49.7 Å². The molecule has 0 saturated heterocycles. The molecule has 6 nitrogen and oxygen atoms in total. The largest absolute Gasteiger partial charge is 0.444 e. The van der Waals surface area contributed by atoms with Crippen LogP contribution < -0.4 is 5.56 Å². The zero-order valence-corrected chi connectivity index (χ0v) is 18.3. The number of rotatable bonds is 2. The summed E-state index contributed by atoms with van der Waals surface area (Å²) in [5.74, 6) is -0.312. The maximum absolute atomic E-state index is 13.3. The number of ether oxygens (including phenoxy) is 1. The molecule has 0 bridgehead atoms. The van der Waals surface area contributed by atoms with Gasteiger partial charge in [-0.25, -0.2) is 14.2 Å². The molecule has 1 unspecified atom stereocenters. The number of fused-ring (bicyclic) bond motifs is 3. The van der Waals surface area contributed by atoms with Crippen LogP contribution in [0.2, 0.25) is 0 Å². The van der Waals surface area contributed by atoms with E-state index in [2.05, 4.69) is 4.98 Å². The van der Waals surface area contributed by atoms with E-state index < -0.39 is 5.60 Å². The van der Waals surface area contributed by atoms with Gasteiger partial charge in [0.05, 0.1) is 24.3 Å². The number of halogens is 1. The minimum atomic E-state index is -0.552. The average Bonchev–Trinajstić information content (AvgIpc) is 3.05. The van der Waals surface area contributed by atoms with E-state index in [-0.39, 0.29) is 23.5 Å². The second-order valence-electron chi connectivity index (χ2n) is 8.52. The number of amides is 1. The maximum atomic E-state index is 13.3. The van der Waals surface area contributed by atoms with Crippen molar-refractivity contribution in [2.45, 2.75) is 52.3 Å². The van der Waals surface area contributed by atoms with Crippen molar-refractivity contribution in [3.05, 3.63) is 62.8 Å².